The van der Waals surface area contributed by atoms with Gasteiger partial charge < -0.3 is 10.0 Å². The molecule has 2 rings (SSSR count). The molecule has 8 heteroatoms. The SMILES string of the molecule is Cc1ccc(/C=C/c2nc(C(C)C)cs2)cc1C(SCCC(=O)O)SCCC(=O)N(C)C. The number of rotatable bonds is 12. The molecule has 0 radical (unpaired) electrons. The van der Waals surface area contributed by atoms with Gasteiger partial charge >= 0.3 is 5.97 Å². The fourth-order valence-corrected chi connectivity index (χ4v) is 6.50. The van der Waals surface area contributed by atoms with Crippen molar-refractivity contribution in [3.05, 3.63) is 51.0 Å². The Balaban J connectivity index is 2.17. The van der Waals surface area contributed by atoms with E-state index in [2.05, 4.69) is 55.4 Å². The number of carboxylic acids is 1. The lowest BCUT2D eigenvalue weighted by atomic mass is 10.1. The van der Waals surface area contributed by atoms with Crippen LogP contribution < -0.4 is 0 Å². The Kier molecular flexibility index (Phi) is 10.8. The Morgan fingerprint density at radius 2 is 1.84 bits per heavy atom. The summed E-state index contributed by atoms with van der Waals surface area (Å²) in [6.45, 7) is 6.36. The summed E-state index contributed by atoms with van der Waals surface area (Å²) in [6.07, 6.45) is 4.71. The van der Waals surface area contributed by atoms with Crippen molar-refractivity contribution in [2.24, 2.45) is 0 Å². The Bertz CT molecular complexity index is 938. The molecular formula is C24H32N2O3S3. The minimum atomic E-state index is -0.790. The number of carboxylic acid groups (broad SMARTS) is 1. The number of aromatic nitrogens is 1. The van der Waals surface area contributed by atoms with Crippen LogP contribution in [0.25, 0.3) is 12.2 Å². The molecule has 32 heavy (non-hydrogen) atoms. The summed E-state index contributed by atoms with van der Waals surface area (Å²) < 4.78 is 0.0741. The van der Waals surface area contributed by atoms with E-state index in [0.29, 0.717) is 23.8 Å². The number of benzene rings is 1. The summed E-state index contributed by atoms with van der Waals surface area (Å²) in [4.78, 5) is 29.2. The molecule has 1 N–H and O–H groups in total. The summed E-state index contributed by atoms with van der Waals surface area (Å²) in [5.41, 5.74) is 4.53. The monoisotopic (exact) mass is 492 g/mol. The molecule has 0 saturated heterocycles. The molecule has 1 unspecified atom stereocenters. The molecular weight excluding hydrogens is 460 g/mol. The summed E-state index contributed by atoms with van der Waals surface area (Å²) in [7, 11) is 3.53. The van der Waals surface area contributed by atoms with Crippen LogP contribution in [0.5, 0.6) is 0 Å². The standard InChI is InChI=1S/C24H32N2O3S3/c1-16(2)20-15-32-21(25-20)9-8-18-7-6-17(3)19(14-18)24(31-13-11-23(28)29)30-12-10-22(27)26(4)5/h6-9,14-16,24H,10-13H2,1-5H3,(H,28,29)/b9-8+. The lowest BCUT2D eigenvalue weighted by Crippen LogP contribution is -2.21. The van der Waals surface area contributed by atoms with Gasteiger partial charge in [-0.3, -0.25) is 9.59 Å². The normalized spacial score (nSPS) is 12.4. The van der Waals surface area contributed by atoms with E-state index in [0.717, 1.165) is 21.8 Å². The second kappa shape index (κ2) is 13.1. The minimum absolute atomic E-state index is 0.0741. The molecule has 0 fully saturated rings. The largest absolute Gasteiger partial charge is 0.481 e. The molecule has 0 aliphatic carbocycles. The number of thiazole rings is 1. The molecule has 1 heterocycles. The molecule has 2 aromatic rings. The van der Waals surface area contributed by atoms with Gasteiger partial charge in [0.1, 0.15) is 5.01 Å². The van der Waals surface area contributed by atoms with Gasteiger partial charge in [0.2, 0.25) is 5.91 Å². The van der Waals surface area contributed by atoms with E-state index < -0.39 is 5.97 Å². The van der Waals surface area contributed by atoms with Crippen LogP contribution in [0.15, 0.2) is 23.6 Å². The Morgan fingerprint density at radius 1 is 1.16 bits per heavy atom. The highest BCUT2D eigenvalue weighted by Crippen LogP contribution is 2.42. The Labute approximate surface area is 203 Å². The highest BCUT2D eigenvalue weighted by atomic mass is 32.2. The van der Waals surface area contributed by atoms with Crippen molar-refractivity contribution in [2.75, 3.05) is 25.6 Å². The zero-order chi connectivity index (χ0) is 23.7. The Hall–Kier alpha value is -1.77. The van der Waals surface area contributed by atoms with Gasteiger partial charge in [0.05, 0.1) is 16.7 Å². The highest BCUT2D eigenvalue weighted by Gasteiger charge is 2.17. The van der Waals surface area contributed by atoms with Gasteiger partial charge in [-0.1, -0.05) is 32.1 Å². The van der Waals surface area contributed by atoms with E-state index in [-0.39, 0.29) is 16.9 Å². The first-order chi connectivity index (χ1) is 15.2. The van der Waals surface area contributed by atoms with Crippen LogP contribution in [0.3, 0.4) is 0 Å². The first kappa shape index (κ1) is 26.5. The molecule has 1 aromatic heterocycles. The van der Waals surface area contributed by atoms with Crippen molar-refractivity contribution < 1.29 is 14.7 Å². The fraction of sp³-hybridized carbons (Fsp3) is 0.458. The van der Waals surface area contributed by atoms with E-state index in [1.165, 1.54) is 5.56 Å². The van der Waals surface area contributed by atoms with Crippen LogP contribution in [0.4, 0.5) is 0 Å². The van der Waals surface area contributed by atoms with Gasteiger partial charge in [-0.15, -0.1) is 34.9 Å². The van der Waals surface area contributed by atoms with Gasteiger partial charge in [0.15, 0.2) is 0 Å². The van der Waals surface area contributed by atoms with Crippen molar-refractivity contribution in [3.8, 4) is 0 Å². The van der Waals surface area contributed by atoms with Crippen LogP contribution in [0.1, 0.15) is 64.6 Å². The van der Waals surface area contributed by atoms with Crippen LogP contribution in [0, 0.1) is 6.92 Å². The van der Waals surface area contributed by atoms with Gasteiger partial charge in [0.25, 0.3) is 0 Å². The Morgan fingerprint density at radius 3 is 2.44 bits per heavy atom. The third kappa shape index (κ3) is 8.64. The molecule has 1 aromatic carbocycles. The fourth-order valence-electron chi connectivity index (χ4n) is 2.78. The zero-order valence-corrected chi connectivity index (χ0v) is 21.8. The van der Waals surface area contributed by atoms with Crippen molar-refractivity contribution in [3.63, 3.8) is 0 Å². The van der Waals surface area contributed by atoms with Gasteiger partial charge in [-0.2, -0.15) is 0 Å². The maximum atomic E-state index is 12.0. The molecule has 0 spiro atoms. The number of hydrogen-bond acceptors (Lipinski definition) is 6. The zero-order valence-electron chi connectivity index (χ0n) is 19.3. The summed E-state index contributed by atoms with van der Waals surface area (Å²) in [5.74, 6) is 0.953. The first-order valence-electron chi connectivity index (χ1n) is 10.6. The van der Waals surface area contributed by atoms with Crippen LogP contribution in [-0.2, 0) is 9.59 Å². The number of aliphatic carboxylic acids is 1. The summed E-state index contributed by atoms with van der Waals surface area (Å²) in [5, 5.41) is 12.1. The lowest BCUT2D eigenvalue weighted by Gasteiger charge is -2.20. The summed E-state index contributed by atoms with van der Waals surface area (Å²) in [6, 6.07) is 6.36. The predicted octanol–water partition coefficient (Wildman–Crippen LogP) is 6.16. The molecule has 5 nitrogen and oxygen atoms in total. The van der Waals surface area contributed by atoms with E-state index in [1.807, 2.05) is 6.08 Å². The highest BCUT2D eigenvalue weighted by molar-refractivity contribution is 8.16. The van der Waals surface area contributed by atoms with E-state index in [9.17, 15) is 9.59 Å². The van der Waals surface area contributed by atoms with Crippen molar-refractivity contribution >= 4 is 58.9 Å². The van der Waals surface area contributed by atoms with Gasteiger partial charge in [-0.05, 0) is 41.7 Å². The molecule has 0 aliphatic rings. The number of thioether (sulfide) groups is 2. The van der Waals surface area contributed by atoms with Crippen LogP contribution in [-0.4, -0.2) is 52.5 Å². The van der Waals surface area contributed by atoms with Crippen molar-refractivity contribution in [2.45, 2.75) is 44.1 Å². The second-order valence-electron chi connectivity index (χ2n) is 7.97. The van der Waals surface area contributed by atoms with Crippen molar-refractivity contribution in [1.82, 2.24) is 9.88 Å². The first-order valence-corrected chi connectivity index (χ1v) is 13.5. The molecule has 0 bridgehead atoms. The lowest BCUT2D eigenvalue weighted by molar-refractivity contribution is -0.136. The number of carbonyl (C=O) groups is 2. The molecule has 0 saturated carbocycles. The number of amides is 1. The number of carbonyl (C=O) groups excluding carboxylic acids is 1. The summed E-state index contributed by atoms with van der Waals surface area (Å²) >= 11 is 4.98. The average Bonchev–Trinajstić information content (AvgIpc) is 3.21. The average molecular weight is 493 g/mol. The number of aryl methyl sites for hydroxylation is 1. The van der Waals surface area contributed by atoms with Crippen molar-refractivity contribution in [1.29, 1.82) is 0 Å². The molecule has 1 amide bonds. The maximum absolute atomic E-state index is 12.0. The van der Waals surface area contributed by atoms with E-state index in [1.54, 1.807) is 53.9 Å². The number of hydrogen-bond donors (Lipinski definition) is 1. The smallest absolute Gasteiger partial charge is 0.304 e. The van der Waals surface area contributed by atoms with E-state index >= 15 is 0 Å². The minimum Gasteiger partial charge on any atom is -0.481 e. The second-order valence-corrected chi connectivity index (χ2v) is 11.6. The third-order valence-corrected chi connectivity index (χ3v) is 8.41. The quantitative estimate of drug-likeness (QED) is 0.358. The third-order valence-electron chi connectivity index (χ3n) is 4.78. The topological polar surface area (TPSA) is 70.5 Å². The predicted molar refractivity (Wildman–Crippen MR) is 140 cm³/mol. The van der Waals surface area contributed by atoms with Crippen LogP contribution in [0.2, 0.25) is 0 Å². The molecule has 1 atom stereocenters. The maximum Gasteiger partial charge on any atom is 0.304 e. The van der Waals surface area contributed by atoms with E-state index in [4.69, 9.17) is 5.11 Å². The van der Waals surface area contributed by atoms with Crippen LogP contribution >= 0.6 is 34.9 Å². The number of nitrogens with zero attached hydrogens (tertiary/aromatic N) is 2. The molecule has 174 valence electrons. The molecule has 0 aliphatic heterocycles. The van der Waals surface area contributed by atoms with Gasteiger partial charge in [0, 0.05) is 37.4 Å². The van der Waals surface area contributed by atoms with Gasteiger partial charge in [-0.25, -0.2) is 4.98 Å².